The second-order valence-electron chi connectivity index (χ2n) is 8.62. The molecule has 2 aromatic rings. The molecular weight excluding hydrogens is 503 g/mol. The molecule has 1 N–H and O–H groups in total. The Kier molecular flexibility index (Phi) is 9.15. The minimum Gasteiger partial charge on any atom is -0.357 e. The van der Waals surface area contributed by atoms with Crippen LogP contribution < -0.4 is 5.32 Å². The molecule has 0 radical (unpaired) electrons. The van der Waals surface area contributed by atoms with Crippen LogP contribution in [0.3, 0.4) is 0 Å². The second-order valence-corrected chi connectivity index (χ2v) is 8.62. The summed E-state index contributed by atoms with van der Waals surface area (Å²) in [6, 6.07) is 0.441. The van der Waals surface area contributed by atoms with Crippen LogP contribution in [0.1, 0.15) is 63.6 Å². The summed E-state index contributed by atoms with van der Waals surface area (Å²) in [5, 5.41) is 12.4. The summed E-state index contributed by atoms with van der Waals surface area (Å²) in [4.78, 5) is 11.6. The first kappa shape index (κ1) is 24.0. The van der Waals surface area contributed by atoms with Crippen LogP contribution in [0.4, 0.5) is 0 Å². The highest BCUT2D eigenvalue weighted by atomic mass is 127. The normalized spacial score (nSPS) is 21.9. The maximum absolute atomic E-state index is 4.96. The lowest BCUT2D eigenvalue weighted by molar-refractivity contribution is 0.189. The Morgan fingerprint density at radius 3 is 2.94 bits per heavy atom. The minimum absolute atomic E-state index is 0. The van der Waals surface area contributed by atoms with Crippen LogP contribution in [0, 0.1) is 5.92 Å². The molecule has 4 rings (SSSR count). The van der Waals surface area contributed by atoms with Crippen LogP contribution in [0.5, 0.6) is 0 Å². The van der Waals surface area contributed by atoms with E-state index < -0.39 is 0 Å². The lowest BCUT2D eigenvalue weighted by Crippen LogP contribution is -2.49. The Morgan fingerprint density at radius 1 is 1.23 bits per heavy atom. The SMILES string of the molecule is CCNC(=NCCCc1nnc2n1CCCCC2)N1CCC(C)C(n2ccnc2)C1.I. The molecule has 0 aliphatic carbocycles. The van der Waals surface area contributed by atoms with Crippen LogP contribution in [0.15, 0.2) is 23.7 Å². The number of nitrogens with zero attached hydrogens (tertiary/aromatic N) is 7. The van der Waals surface area contributed by atoms with Gasteiger partial charge >= 0.3 is 0 Å². The van der Waals surface area contributed by atoms with E-state index >= 15 is 0 Å². The summed E-state index contributed by atoms with van der Waals surface area (Å²) in [6.07, 6.45) is 13.9. The zero-order chi connectivity index (χ0) is 20.8. The highest BCUT2D eigenvalue weighted by Gasteiger charge is 2.28. The number of piperidine rings is 1. The van der Waals surface area contributed by atoms with E-state index in [9.17, 15) is 0 Å². The number of nitrogens with one attached hydrogen (secondary N) is 1. The van der Waals surface area contributed by atoms with Crippen molar-refractivity contribution in [2.75, 3.05) is 26.2 Å². The third-order valence-electron chi connectivity index (χ3n) is 6.47. The van der Waals surface area contributed by atoms with Crippen LogP contribution in [-0.4, -0.2) is 61.4 Å². The molecule has 2 unspecified atom stereocenters. The van der Waals surface area contributed by atoms with Gasteiger partial charge in [0.25, 0.3) is 0 Å². The van der Waals surface area contributed by atoms with Crippen LogP contribution in [0.25, 0.3) is 0 Å². The van der Waals surface area contributed by atoms with Gasteiger partial charge in [-0.25, -0.2) is 4.98 Å². The van der Waals surface area contributed by atoms with Gasteiger partial charge in [0.1, 0.15) is 11.6 Å². The molecule has 9 heteroatoms. The molecule has 1 saturated heterocycles. The van der Waals surface area contributed by atoms with Gasteiger partial charge in [-0.3, -0.25) is 4.99 Å². The zero-order valence-corrected chi connectivity index (χ0v) is 21.2. The topological polar surface area (TPSA) is 76.2 Å². The molecule has 1 fully saturated rings. The summed E-state index contributed by atoms with van der Waals surface area (Å²) in [5.41, 5.74) is 0. The summed E-state index contributed by atoms with van der Waals surface area (Å²) in [7, 11) is 0. The van der Waals surface area contributed by atoms with Crippen molar-refractivity contribution in [2.24, 2.45) is 10.9 Å². The van der Waals surface area contributed by atoms with Crippen molar-refractivity contribution in [3.8, 4) is 0 Å². The van der Waals surface area contributed by atoms with Gasteiger partial charge in [-0.1, -0.05) is 13.3 Å². The lowest BCUT2D eigenvalue weighted by Gasteiger charge is -2.39. The number of aliphatic imine (C=N–C) groups is 1. The van der Waals surface area contributed by atoms with Gasteiger partial charge in [-0.15, -0.1) is 34.2 Å². The number of hydrogen-bond donors (Lipinski definition) is 1. The molecule has 2 aliphatic rings. The van der Waals surface area contributed by atoms with E-state index in [-0.39, 0.29) is 24.0 Å². The molecule has 2 aliphatic heterocycles. The van der Waals surface area contributed by atoms with Crippen molar-refractivity contribution in [3.63, 3.8) is 0 Å². The van der Waals surface area contributed by atoms with Crippen molar-refractivity contribution in [2.45, 2.75) is 71.4 Å². The molecule has 0 spiro atoms. The number of aryl methyl sites for hydroxylation is 2. The molecule has 0 saturated carbocycles. The van der Waals surface area contributed by atoms with Crippen LogP contribution in [0.2, 0.25) is 0 Å². The summed E-state index contributed by atoms with van der Waals surface area (Å²) < 4.78 is 4.60. The first-order valence-corrected chi connectivity index (χ1v) is 11.7. The van der Waals surface area contributed by atoms with E-state index in [1.54, 1.807) is 0 Å². The van der Waals surface area contributed by atoms with Gasteiger partial charge < -0.3 is 19.4 Å². The standard InChI is InChI=1S/C22H36N8.HI/c1-3-24-22(28-14-10-18(2)19(16-28)29-15-12-23-17-29)25-11-7-9-21-27-26-20-8-5-4-6-13-30(20)21;/h12,15,17-19H,3-11,13-14,16H2,1-2H3,(H,24,25);1H. The number of guanidine groups is 1. The van der Waals surface area contributed by atoms with Crippen molar-refractivity contribution in [1.82, 2.24) is 34.5 Å². The van der Waals surface area contributed by atoms with Crippen molar-refractivity contribution in [3.05, 3.63) is 30.4 Å². The number of likely N-dealkylation sites (tertiary alicyclic amines) is 1. The van der Waals surface area contributed by atoms with E-state index in [2.05, 4.69) is 54.6 Å². The van der Waals surface area contributed by atoms with Gasteiger partial charge in [0.05, 0.1) is 12.4 Å². The number of rotatable bonds is 6. The molecule has 0 aromatic carbocycles. The average molecular weight is 540 g/mol. The Bertz CT molecular complexity index is 816. The lowest BCUT2D eigenvalue weighted by atomic mass is 9.93. The zero-order valence-electron chi connectivity index (χ0n) is 18.9. The van der Waals surface area contributed by atoms with Crippen molar-refractivity contribution in [1.29, 1.82) is 0 Å². The first-order chi connectivity index (χ1) is 14.8. The molecule has 172 valence electrons. The summed E-state index contributed by atoms with van der Waals surface area (Å²) >= 11 is 0. The second kappa shape index (κ2) is 11.8. The van der Waals surface area contributed by atoms with Gasteiger partial charge in [0, 0.05) is 58.0 Å². The van der Waals surface area contributed by atoms with E-state index in [4.69, 9.17) is 4.99 Å². The number of aromatic nitrogens is 5. The molecule has 0 amide bonds. The van der Waals surface area contributed by atoms with Gasteiger partial charge in [0.2, 0.25) is 0 Å². The van der Waals surface area contributed by atoms with Crippen molar-refractivity contribution < 1.29 is 0 Å². The fourth-order valence-electron chi connectivity index (χ4n) is 4.67. The Labute approximate surface area is 202 Å². The maximum Gasteiger partial charge on any atom is 0.193 e. The van der Waals surface area contributed by atoms with E-state index in [0.29, 0.717) is 12.0 Å². The number of halogens is 1. The highest BCUT2D eigenvalue weighted by Crippen LogP contribution is 2.27. The molecule has 31 heavy (non-hydrogen) atoms. The van der Waals surface area contributed by atoms with Gasteiger partial charge in [-0.05, 0) is 38.5 Å². The largest absolute Gasteiger partial charge is 0.357 e. The van der Waals surface area contributed by atoms with E-state index in [1.807, 2.05) is 12.5 Å². The predicted molar refractivity (Wildman–Crippen MR) is 134 cm³/mol. The smallest absolute Gasteiger partial charge is 0.193 e. The molecule has 4 heterocycles. The number of hydrogen-bond acceptors (Lipinski definition) is 4. The van der Waals surface area contributed by atoms with E-state index in [1.165, 1.54) is 31.5 Å². The van der Waals surface area contributed by atoms with Gasteiger partial charge in [0.15, 0.2) is 5.96 Å². The Hall–Kier alpha value is -1.65. The van der Waals surface area contributed by atoms with Crippen molar-refractivity contribution >= 4 is 29.9 Å². The minimum atomic E-state index is 0. The molecule has 2 aromatic heterocycles. The fourth-order valence-corrected chi connectivity index (χ4v) is 4.67. The van der Waals surface area contributed by atoms with Gasteiger partial charge in [-0.2, -0.15) is 0 Å². The molecule has 2 atom stereocenters. The molecular formula is C22H37IN8. The maximum atomic E-state index is 4.96. The van der Waals surface area contributed by atoms with Crippen LogP contribution in [-0.2, 0) is 19.4 Å². The van der Waals surface area contributed by atoms with Crippen LogP contribution >= 0.6 is 24.0 Å². The highest BCUT2D eigenvalue weighted by molar-refractivity contribution is 14.0. The third-order valence-corrected chi connectivity index (χ3v) is 6.47. The number of imidazole rings is 1. The average Bonchev–Trinajstić information content (AvgIpc) is 3.36. The Morgan fingerprint density at radius 2 is 2.13 bits per heavy atom. The Balaban J connectivity index is 0.00000272. The summed E-state index contributed by atoms with van der Waals surface area (Å²) in [6.45, 7) is 9.28. The predicted octanol–water partition coefficient (Wildman–Crippen LogP) is 3.30. The summed E-state index contributed by atoms with van der Waals surface area (Å²) in [5.74, 6) is 3.99. The number of fused-ring (bicyclic) bond motifs is 1. The third kappa shape index (κ3) is 5.98. The monoisotopic (exact) mass is 540 g/mol. The molecule has 0 bridgehead atoms. The fraction of sp³-hybridized carbons (Fsp3) is 0.727. The molecule has 8 nitrogen and oxygen atoms in total. The quantitative estimate of drug-likeness (QED) is 0.264. The first-order valence-electron chi connectivity index (χ1n) is 11.7. The van der Waals surface area contributed by atoms with E-state index in [0.717, 1.165) is 63.8 Å².